The number of rotatable bonds is 6. The fraction of sp³-hybridized carbons (Fsp3) is 0.267. The summed E-state index contributed by atoms with van der Waals surface area (Å²) in [7, 11) is 1.94. The van der Waals surface area contributed by atoms with Crippen molar-refractivity contribution in [3.05, 3.63) is 56.7 Å². The van der Waals surface area contributed by atoms with Gasteiger partial charge in [-0.3, -0.25) is 9.69 Å². The fourth-order valence-electron chi connectivity index (χ4n) is 2.10. The predicted octanol–water partition coefficient (Wildman–Crippen LogP) is 3.04. The van der Waals surface area contributed by atoms with Gasteiger partial charge in [-0.2, -0.15) is 0 Å². The van der Waals surface area contributed by atoms with Crippen molar-refractivity contribution in [1.29, 1.82) is 0 Å². The molecule has 3 nitrogen and oxygen atoms in total. The lowest BCUT2D eigenvalue weighted by atomic mass is 10.0. The third kappa shape index (κ3) is 4.16. The molecule has 1 unspecified atom stereocenters. The van der Waals surface area contributed by atoms with Crippen molar-refractivity contribution in [3.63, 3.8) is 0 Å². The van der Waals surface area contributed by atoms with E-state index in [9.17, 15) is 4.79 Å². The second-order valence-electron chi connectivity index (χ2n) is 4.73. The van der Waals surface area contributed by atoms with Crippen LogP contribution in [0.3, 0.4) is 0 Å². The van der Waals surface area contributed by atoms with Gasteiger partial charge in [0.25, 0.3) is 0 Å². The van der Waals surface area contributed by atoms with Crippen molar-refractivity contribution in [3.8, 4) is 0 Å². The van der Waals surface area contributed by atoms with E-state index in [1.54, 1.807) is 11.3 Å². The molecule has 1 aromatic carbocycles. The van der Waals surface area contributed by atoms with Gasteiger partial charge in [0.05, 0.1) is 9.83 Å². The Morgan fingerprint density at radius 2 is 2.00 bits per heavy atom. The van der Waals surface area contributed by atoms with Gasteiger partial charge < -0.3 is 5.73 Å². The number of hydrogen-bond donors (Lipinski definition) is 1. The van der Waals surface area contributed by atoms with Crippen LogP contribution in [-0.2, 0) is 17.8 Å². The van der Waals surface area contributed by atoms with Crippen LogP contribution in [0.1, 0.15) is 10.4 Å². The number of thiophene rings is 1. The van der Waals surface area contributed by atoms with Crippen molar-refractivity contribution in [1.82, 2.24) is 4.90 Å². The minimum Gasteiger partial charge on any atom is -0.368 e. The SMILES string of the molecule is CN(Cc1ccc(Br)s1)C(Cc1ccccc1)C(N)=O. The Morgan fingerprint density at radius 3 is 2.55 bits per heavy atom. The maximum atomic E-state index is 11.7. The van der Waals surface area contributed by atoms with E-state index in [0.717, 1.165) is 15.9 Å². The van der Waals surface area contributed by atoms with E-state index >= 15 is 0 Å². The van der Waals surface area contributed by atoms with E-state index in [1.165, 1.54) is 4.88 Å². The molecule has 0 saturated carbocycles. The maximum Gasteiger partial charge on any atom is 0.235 e. The first-order chi connectivity index (χ1) is 9.56. The number of carbonyl (C=O) groups excluding carboxylic acids is 1. The minimum atomic E-state index is -0.293. The molecule has 0 aliphatic rings. The monoisotopic (exact) mass is 352 g/mol. The number of amides is 1. The highest BCUT2D eigenvalue weighted by atomic mass is 79.9. The summed E-state index contributed by atoms with van der Waals surface area (Å²) in [6.07, 6.45) is 0.638. The molecule has 0 bridgehead atoms. The quantitative estimate of drug-likeness (QED) is 0.868. The van der Waals surface area contributed by atoms with E-state index in [1.807, 2.05) is 48.3 Å². The molecule has 1 amide bonds. The van der Waals surface area contributed by atoms with Crippen LogP contribution < -0.4 is 5.73 Å². The first kappa shape index (κ1) is 15.2. The molecule has 0 fully saturated rings. The van der Waals surface area contributed by atoms with Crippen LogP contribution in [0.4, 0.5) is 0 Å². The van der Waals surface area contributed by atoms with Crippen LogP contribution in [0, 0.1) is 0 Å². The summed E-state index contributed by atoms with van der Waals surface area (Å²) in [4.78, 5) is 14.9. The number of benzene rings is 1. The van der Waals surface area contributed by atoms with Gasteiger partial charge in [0, 0.05) is 11.4 Å². The number of likely N-dealkylation sites (N-methyl/N-ethyl adjacent to an activating group) is 1. The summed E-state index contributed by atoms with van der Waals surface area (Å²) in [5.74, 6) is -0.285. The molecule has 1 heterocycles. The molecule has 2 rings (SSSR count). The number of halogens is 1. The Hall–Kier alpha value is -1.17. The zero-order valence-corrected chi connectivity index (χ0v) is 13.7. The first-order valence-corrected chi connectivity index (χ1v) is 7.95. The highest BCUT2D eigenvalue weighted by molar-refractivity contribution is 9.11. The average molecular weight is 353 g/mol. The van der Waals surface area contributed by atoms with Crippen molar-refractivity contribution >= 4 is 33.2 Å². The van der Waals surface area contributed by atoms with Crippen LogP contribution >= 0.6 is 27.3 Å². The molecule has 20 heavy (non-hydrogen) atoms. The second-order valence-corrected chi connectivity index (χ2v) is 7.28. The van der Waals surface area contributed by atoms with Crippen molar-refractivity contribution in [2.45, 2.75) is 19.0 Å². The molecule has 2 N–H and O–H groups in total. The zero-order valence-electron chi connectivity index (χ0n) is 11.3. The van der Waals surface area contributed by atoms with Gasteiger partial charge in [-0.15, -0.1) is 11.3 Å². The van der Waals surface area contributed by atoms with Gasteiger partial charge in [-0.25, -0.2) is 0 Å². The third-order valence-electron chi connectivity index (χ3n) is 3.17. The molecular formula is C15H17BrN2OS. The zero-order chi connectivity index (χ0) is 14.5. The molecule has 0 aliphatic heterocycles. The Labute approximate surface area is 131 Å². The summed E-state index contributed by atoms with van der Waals surface area (Å²) in [5.41, 5.74) is 6.68. The lowest BCUT2D eigenvalue weighted by Crippen LogP contribution is -2.43. The van der Waals surface area contributed by atoms with E-state index in [0.29, 0.717) is 6.42 Å². The Balaban J connectivity index is 2.06. The molecule has 106 valence electrons. The van der Waals surface area contributed by atoms with Crippen LogP contribution in [0.15, 0.2) is 46.3 Å². The fourth-order valence-corrected chi connectivity index (χ4v) is 3.65. The van der Waals surface area contributed by atoms with Gasteiger partial charge in [0.1, 0.15) is 0 Å². The van der Waals surface area contributed by atoms with Gasteiger partial charge in [-0.05, 0) is 47.1 Å². The lowest BCUT2D eigenvalue weighted by Gasteiger charge is -2.25. The van der Waals surface area contributed by atoms with Crippen LogP contribution in [-0.4, -0.2) is 23.9 Å². The van der Waals surface area contributed by atoms with E-state index in [4.69, 9.17) is 5.73 Å². The van der Waals surface area contributed by atoms with E-state index < -0.39 is 0 Å². The summed E-state index contributed by atoms with van der Waals surface area (Å²) < 4.78 is 1.10. The summed E-state index contributed by atoms with van der Waals surface area (Å²) >= 11 is 5.12. The van der Waals surface area contributed by atoms with Crippen molar-refractivity contribution in [2.24, 2.45) is 5.73 Å². The lowest BCUT2D eigenvalue weighted by molar-refractivity contribution is -0.122. The first-order valence-electron chi connectivity index (χ1n) is 6.34. The highest BCUT2D eigenvalue weighted by Crippen LogP contribution is 2.23. The molecular weight excluding hydrogens is 336 g/mol. The number of carbonyl (C=O) groups is 1. The molecule has 2 aromatic rings. The Morgan fingerprint density at radius 1 is 1.30 bits per heavy atom. The Kier molecular flexibility index (Phi) is 5.34. The average Bonchev–Trinajstić information content (AvgIpc) is 2.82. The smallest absolute Gasteiger partial charge is 0.235 e. The van der Waals surface area contributed by atoms with Crippen LogP contribution in [0.25, 0.3) is 0 Å². The number of primary amides is 1. The van der Waals surface area contributed by atoms with Crippen molar-refractivity contribution in [2.75, 3.05) is 7.05 Å². The van der Waals surface area contributed by atoms with E-state index in [-0.39, 0.29) is 11.9 Å². The minimum absolute atomic E-state index is 0.285. The normalized spacial score (nSPS) is 12.6. The summed E-state index contributed by atoms with van der Waals surface area (Å²) in [5, 5.41) is 0. The standard InChI is InChI=1S/C15H17BrN2OS/c1-18(10-12-7-8-14(16)20-12)13(15(17)19)9-11-5-3-2-4-6-11/h2-8,13H,9-10H2,1H3,(H2,17,19). The maximum absolute atomic E-state index is 11.7. The summed E-state index contributed by atoms with van der Waals surface area (Å²) in [6, 6.07) is 13.7. The molecule has 0 aliphatic carbocycles. The molecule has 0 radical (unpaired) electrons. The van der Waals surface area contributed by atoms with E-state index in [2.05, 4.69) is 22.0 Å². The van der Waals surface area contributed by atoms with Gasteiger partial charge in [-0.1, -0.05) is 30.3 Å². The summed E-state index contributed by atoms with van der Waals surface area (Å²) in [6.45, 7) is 0.719. The highest BCUT2D eigenvalue weighted by Gasteiger charge is 2.21. The molecule has 1 aromatic heterocycles. The van der Waals surface area contributed by atoms with Gasteiger partial charge in [0.2, 0.25) is 5.91 Å². The largest absolute Gasteiger partial charge is 0.368 e. The molecule has 0 saturated heterocycles. The molecule has 5 heteroatoms. The van der Waals surface area contributed by atoms with Gasteiger partial charge >= 0.3 is 0 Å². The molecule has 1 atom stereocenters. The van der Waals surface area contributed by atoms with Gasteiger partial charge in [0.15, 0.2) is 0 Å². The number of nitrogens with two attached hydrogens (primary N) is 1. The second kappa shape index (κ2) is 7.02. The predicted molar refractivity (Wildman–Crippen MR) is 86.6 cm³/mol. The van der Waals surface area contributed by atoms with Crippen molar-refractivity contribution < 1.29 is 4.79 Å². The molecule has 0 spiro atoms. The van der Waals surface area contributed by atoms with Crippen LogP contribution in [0.5, 0.6) is 0 Å². The topological polar surface area (TPSA) is 46.3 Å². The van der Waals surface area contributed by atoms with Crippen LogP contribution in [0.2, 0.25) is 0 Å². The third-order valence-corrected chi connectivity index (χ3v) is 4.77. The Bertz CT molecular complexity index is 570. The number of hydrogen-bond acceptors (Lipinski definition) is 3. The number of nitrogens with zero attached hydrogens (tertiary/aromatic N) is 1.